The van der Waals surface area contributed by atoms with Crippen LogP contribution >= 0.6 is 0 Å². The summed E-state index contributed by atoms with van der Waals surface area (Å²) < 4.78 is 5.60. The number of hydrogen-bond donors (Lipinski definition) is 1. The zero-order chi connectivity index (χ0) is 13.8. The quantitative estimate of drug-likeness (QED) is 0.906. The Balaban J connectivity index is 1.68. The Morgan fingerprint density at radius 2 is 2.10 bits per heavy atom. The number of hydrogen-bond acceptors (Lipinski definition) is 5. The summed E-state index contributed by atoms with van der Waals surface area (Å²) in [7, 11) is 0. The van der Waals surface area contributed by atoms with Crippen LogP contribution in [0.1, 0.15) is 30.3 Å². The van der Waals surface area contributed by atoms with E-state index < -0.39 is 0 Å². The van der Waals surface area contributed by atoms with Crippen LogP contribution in [0.5, 0.6) is 0 Å². The van der Waals surface area contributed by atoms with E-state index in [-0.39, 0.29) is 6.04 Å². The number of aromatic nitrogens is 2. The van der Waals surface area contributed by atoms with Gasteiger partial charge in [-0.1, -0.05) is 0 Å². The Hall–Kier alpha value is -1.88. The smallest absolute Gasteiger partial charge is 0.148 e. The first-order valence-electron chi connectivity index (χ1n) is 7.14. The molecule has 0 amide bonds. The lowest BCUT2D eigenvalue weighted by Gasteiger charge is -2.26. The highest BCUT2D eigenvalue weighted by Crippen LogP contribution is 2.25. The summed E-state index contributed by atoms with van der Waals surface area (Å²) >= 11 is 0. The van der Waals surface area contributed by atoms with Crippen LogP contribution in [0.15, 0.2) is 34.9 Å². The third-order valence-electron chi connectivity index (χ3n) is 3.73. The topological polar surface area (TPSA) is 54.2 Å². The molecule has 0 bridgehead atoms. The van der Waals surface area contributed by atoms with Gasteiger partial charge in [0.05, 0.1) is 18.0 Å². The molecule has 2 aromatic heterocycles. The maximum absolute atomic E-state index is 5.60. The molecule has 0 saturated carbocycles. The molecule has 0 radical (unpaired) electrons. The maximum Gasteiger partial charge on any atom is 0.148 e. The highest BCUT2D eigenvalue weighted by molar-refractivity contribution is 5.33. The average molecular weight is 272 g/mol. The summed E-state index contributed by atoms with van der Waals surface area (Å²) in [6, 6.07) is 8.18. The van der Waals surface area contributed by atoms with Gasteiger partial charge in [-0.15, -0.1) is 5.10 Å². The molecule has 1 aliphatic rings. The minimum absolute atomic E-state index is 0.260. The monoisotopic (exact) mass is 272 g/mol. The second-order valence-corrected chi connectivity index (χ2v) is 5.22. The molecule has 0 spiro atoms. The van der Waals surface area contributed by atoms with Crippen LogP contribution in [0.3, 0.4) is 0 Å². The molecular formula is C15H20N4O. The molecule has 106 valence electrons. The second-order valence-electron chi connectivity index (χ2n) is 5.22. The van der Waals surface area contributed by atoms with Crippen molar-refractivity contribution in [3.8, 4) is 0 Å². The SMILES string of the molecule is Cc1ccc(NCC(c2ccco2)N2CCCC2)nn1. The van der Waals surface area contributed by atoms with Gasteiger partial charge in [0, 0.05) is 6.54 Å². The van der Waals surface area contributed by atoms with E-state index in [4.69, 9.17) is 4.42 Å². The molecule has 2 aromatic rings. The van der Waals surface area contributed by atoms with Gasteiger partial charge >= 0.3 is 0 Å². The van der Waals surface area contributed by atoms with Crippen LogP contribution < -0.4 is 5.32 Å². The van der Waals surface area contributed by atoms with Crippen LogP contribution in [0.4, 0.5) is 5.82 Å². The number of furan rings is 1. The predicted molar refractivity (Wildman–Crippen MR) is 77.5 cm³/mol. The molecule has 1 aliphatic heterocycles. The van der Waals surface area contributed by atoms with Gasteiger partial charge in [-0.3, -0.25) is 4.90 Å². The Morgan fingerprint density at radius 1 is 1.25 bits per heavy atom. The normalized spacial score (nSPS) is 17.2. The summed E-state index contributed by atoms with van der Waals surface area (Å²) in [5.41, 5.74) is 0.928. The van der Waals surface area contributed by atoms with Crippen molar-refractivity contribution in [2.24, 2.45) is 0 Å². The number of likely N-dealkylation sites (tertiary alicyclic amines) is 1. The summed E-state index contributed by atoms with van der Waals surface area (Å²) in [6.45, 7) is 4.98. The minimum Gasteiger partial charge on any atom is -0.468 e. The highest BCUT2D eigenvalue weighted by atomic mass is 16.3. The molecule has 0 aliphatic carbocycles. The number of anilines is 1. The fourth-order valence-corrected chi connectivity index (χ4v) is 2.64. The van der Waals surface area contributed by atoms with Crippen LogP contribution in [-0.4, -0.2) is 34.7 Å². The molecule has 1 fully saturated rings. The van der Waals surface area contributed by atoms with Gasteiger partial charge in [0.25, 0.3) is 0 Å². The Kier molecular flexibility index (Phi) is 3.97. The highest BCUT2D eigenvalue weighted by Gasteiger charge is 2.25. The molecule has 0 aromatic carbocycles. The van der Waals surface area contributed by atoms with E-state index in [2.05, 4.69) is 20.4 Å². The van der Waals surface area contributed by atoms with Crippen molar-refractivity contribution in [2.45, 2.75) is 25.8 Å². The predicted octanol–water partition coefficient (Wildman–Crippen LogP) is 2.63. The molecule has 3 rings (SSSR count). The molecule has 1 atom stereocenters. The van der Waals surface area contributed by atoms with Crippen LogP contribution in [0, 0.1) is 6.92 Å². The Bertz CT molecular complexity index is 517. The fraction of sp³-hybridized carbons (Fsp3) is 0.467. The minimum atomic E-state index is 0.260. The van der Waals surface area contributed by atoms with E-state index in [1.54, 1.807) is 6.26 Å². The molecule has 1 saturated heterocycles. The van der Waals surface area contributed by atoms with Gasteiger partial charge in [-0.25, -0.2) is 0 Å². The molecule has 1 unspecified atom stereocenters. The number of aryl methyl sites for hydroxylation is 1. The fourth-order valence-electron chi connectivity index (χ4n) is 2.64. The number of nitrogens with one attached hydrogen (secondary N) is 1. The van der Waals surface area contributed by atoms with Crippen molar-refractivity contribution in [3.05, 3.63) is 42.0 Å². The molecule has 5 heteroatoms. The Labute approximate surface area is 119 Å². The van der Waals surface area contributed by atoms with Crippen molar-refractivity contribution < 1.29 is 4.42 Å². The van der Waals surface area contributed by atoms with Gasteiger partial charge in [0.2, 0.25) is 0 Å². The van der Waals surface area contributed by atoms with E-state index in [1.165, 1.54) is 12.8 Å². The van der Waals surface area contributed by atoms with Crippen molar-refractivity contribution in [3.63, 3.8) is 0 Å². The summed E-state index contributed by atoms with van der Waals surface area (Å²) in [5, 5.41) is 11.6. The third kappa shape index (κ3) is 2.99. The average Bonchev–Trinajstić information content (AvgIpc) is 3.14. The summed E-state index contributed by atoms with van der Waals surface area (Å²) in [4.78, 5) is 2.47. The molecule has 1 N–H and O–H groups in total. The van der Waals surface area contributed by atoms with Crippen molar-refractivity contribution >= 4 is 5.82 Å². The number of nitrogens with zero attached hydrogens (tertiary/aromatic N) is 3. The van der Waals surface area contributed by atoms with E-state index >= 15 is 0 Å². The van der Waals surface area contributed by atoms with Crippen molar-refractivity contribution in [1.29, 1.82) is 0 Å². The maximum atomic E-state index is 5.60. The lowest BCUT2D eigenvalue weighted by atomic mass is 10.2. The first kappa shape index (κ1) is 13.1. The third-order valence-corrected chi connectivity index (χ3v) is 3.73. The molecule has 3 heterocycles. The molecule has 20 heavy (non-hydrogen) atoms. The number of rotatable bonds is 5. The lowest BCUT2D eigenvalue weighted by molar-refractivity contribution is 0.225. The summed E-state index contributed by atoms with van der Waals surface area (Å²) in [6.07, 6.45) is 4.27. The van der Waals surface area contributed by atoms with E-state index in [0.717, 1.165) is 36.9 Å². The van der Waals surface area contributed by atoms with Crippen molar-refractivity contribution in [2.75, 3.05) is 25.0 Å². The van der Waals surface area contributed by atoms with Gasteiger partial charge in [-0.2, -0.15) is 5.10 Å². The zero-order valence-corrected chi connectivity index (χ0v) is 11.7. The first-order valence-corrected chi connectivity index (χ1v) is 7.14. The lowest BCUT2D eigenvalue weighted by Crippen LogP contribution is -2.30. The second kappa shape index (κ2) is 6.05. The van der Waals surface area contributed by atoms with E-state index in [0.29, 0.717) is 0 Å². The van der Waals surface area contributed by atoms with Gasteiger partial charge in [-0.05, 0) is 57.1 Å². The van der Waals surface area contributed by atoms with Crippen LogP contribution in [0.25, 0.3) is 0 Å². The van der Waals surface area contributed by atoms with Gasteiger partial charge in [0.15, 0.2) is 0 Å². The molecular weight excluding hydrogens is 252 g/mol. The van der Waals surface area contributed by atoms with Crippen LogP contribution in [0.2, 0.25) is 0 Å². The van der Waals surface area contributed by atoms with E-state index in [1.807, 2.05) is 31.2 Å². The molecule has 5 nitrogen and oxygen atoms in total. The Morgan fingerprint density at radius 3 is 2.75 bits per heavy atom. The summed E-state index contributed by atoms with van der Waals surface area (Å²) in [5.74, 6) is 1.82. The standard InChI is InChI=1S/C15H20N4O/c1-12-6-7-15(18-17-12)16-11-13(14-5-4-10-20-14)19-8-2-3-9-19/h4-7,10,13H,2-3,8-9,11H2,1H3,(H,16,18). The van der Waals surface area contributed by atoms with Crippen LogP contribution in [-0.2, 0) is 0 Å². The largest absolute Gasteiger partial charge is 0.468 e. The van der Waals surface area contributed by atoms with Gasteiger partial charge < -0.3 is 9.73 Å². The van der Waals surface area contributed by atoms with E-state index in [9.17, 15) is 0 Å². The zero-order valence-electron chi connectivity index (χ0n) is 11.7. The van der Waals surface area contributed by atoms with Crippen molar-refractivity contribution in [1.82, 2.24) is 15.1 Å². The first-order chi connectivity index (χ1) is 9.83. The van der Waals surface area contributed by atoms with Gasteiger partial charge in [0.1, 0.15) is 11.6 Å².